The molecule has 0 amide bonds. The summed E-state index contributed by atoms with van der Waals surface area (Å²) in [6, 6.07) is 0. The second-order valence-electron chi connectivity index (χ2n) is 11.3. The Balaban J connectivity index is 1.43. The van der Waals surface area contributed by atoms with E-state index in [-0.39, 0.29) is 5.60 Å². The van der Waals surface area contributed by atoms with Crippen LogP contribution in [0.15, 0.2) is 23.3 Å². The summed E-state index contributed by atoms with van der Waals surface area (Å²) >= 11 is 0. The number of allylic oxidation sites excluding steroid dienone is 3. The van der Waals surface area contributed by atoms with E-state index in [2.05, 4.69) is 26.0 Å². The molecule has 2 bridgehead atoms. The first-order chi connectivity index (χ1) is 14.5. The fourth-order valence-corrected chi connectivity index (χ4v) is 8.75. The Morgan fingerprint density at radius 1 is 1.13 bits per heavy atom. The van der Waals surface area contributed by atoms with Crippen LogP contribution in [0.5, 0.6) is 0 Å². The highest BCUT2D eigenvalue weighted by molar-refractivity contribution is 5.36. The van der Waals surface area contributed by atoms with Crippen molar-refractivity contribution in [2.75, 3.05) is 20.1 Å². The van der Waals surface area contributed by atoms with E-state index in [9.17, 15) is 0 Å². The van der Waals surface area contributed by atoms with E-state index >= 15 is 0 Å². The number of nitrogens with two attached hydrogens (primary N) is 2. The van der Waals surface area contributed by atoms with Gasteiger partial charge in [-0.3, -0.25) is 0 Å². The molecule has 168 valence electrons. The molecule has 4 N–H and O–H groups in total. The molecule has 5 aliphatic rings. The summed E-state index contributed by atoms with van der Waals surface area (Å²) in [5.74, 6) is 5.08. The molecule has 4 fully saturated rings. The van der Waals surface area contributed by atoms with Crippen LogP contribution in [0.2, 0.25) is 0 Å². The first kappa shape index (κ1) is 21.2. The number of fused-ring (bicyclic) bond motifs is 2. The minimum Gasteiger partial charge on any atom is -0.367 e. The molecule has 0 heterocycles. The van der Waals surface area contributed by atoms with Crippen LogP contribution >= 0.6 is 0 Å². The van der Waals surface area contributed by atoms with E-state index in [0.717, 1.165) is 55.0 Å². The molecule has 8 unspecified atom stereocenters. The molecule has 4 nitrogen and oxygen atoms in total. The van der Waals surface area contributed by atoms with Crippen molar-refractivity contribution >= 4 is 0 Å². The van der Waals surface area contributed by atoms with E-state index < -0.39 is 0 Å². The van der Waals surface area contributed by atoms with Crippen LogP contribution in [0.4, 0.5) is 0 Å². The summed E-state index contributed by atoms with van der Waals surface area (Å²) in [6.07, 6.45) is 16.8. The predicted molar refractivity (Wildman–Crippen MR) is 120 cm³/mol. The molecule has 4 heteroatoms. The van der Waals surface area contributed by atoms with Crippen molar-refractivity contribution in [1.82, 2.24) is 0 Å². The largest absolute Gasteiger partial charge is 0.367 e. The Hall–Kier alpha value is -0.680. The van der Waals surface area contributed by atoms with Gasteiger partial charge in [-0.15, -0.1) is 0 Å². The van der Waals surface area contributed by atoms with Gasteiger partial charge < -0.3 is 20.9 Å². The number of rotatable bonds is 9. The van der Waals surface area contributed by atoms with Crippen LogP contribution in [0, 0.1) is 40.9 Å². The van der Waals surface area contributed by atoms with Crippen LogP contribution in [0.25, 0.3) is 0 Å². The van der Waals surface area contributed by atoms with Crippen molar-refractivity contribution in [3.05, 3.63) is 23.3 Å². The first-order valence-corrected chi connectivity index (χ1v) is 12.6. The number of hydrogen-bond acceptors (Lipinski definition) is 4. The molecule has 30 heavy (non-hydrogen) atoms. The average Bonchev–Trinajstić information content (AvgIpc) is 3.14. The fourth-order valence-electron chi connectivity index (χ4n) is 8.75. The maximum Gasteiger partial charge on any atom is 0.0952 e. The number of hydrogen-bond donors (Lipinski definition) is 2. The standard InChI is InChI=1S/C26H42N2O2/c1-3-5-18-10-19-12-26(14-22(18)19,6-4-7-29-15-27)24-21-9-17-8-20(21)23(24)13-25(2,11-17)30-16-28/h5,13,17,19-22,24H,3-4,6-12,14-16,27-28H2,1-2H3. The summed E-state index contributed by atoms with van der Waals surface area (Å²) in [5, 5.41) is 0. The normalized spacial score (nSPS) is 47.5. The molecule has 5 aliphatic carbocycles. The van der Waals surface area contributed by atoms with Gasteiger partial charge in [-0.2, -0.15) is 0 Å². The molecule has 0 spiro atoms. The topological polar surface area (TPSA) is 70.5 Å². The van der Waals surface area contributed by atoms with Crippen LogP contribution in [0.1, 0.15) is 71.6 Å². The fraction of sp³-hybridized carbons (Fsp3) is 0.846. The second kappa shape index (κ2) is 8.03. The van der Waals surface area contributed by atoms with Gasteiger partial charge in [-0.1, -0.05) is 30.2 Å². The summed E-state index contributed by atoms with van der Waals surface area (Å²) < 4.78 is 11.7. The zero-order valence-corrected chi connectivity index (χ0v) is 19.1. The third-order valence-electron chi connectivity index (χ3n) is 9.55. The zero-order chi connectivity index (χ0) is 20.9. The first-order valence-electron chi connectivity index (χ1n) is 12.6. The van der Waals surface area contributed by atoms with Crippen molar-refractivity contribution in [2.24, 2.45) is 52.4 Å². The second-order valence-corrected chi connectivity index (χ2v) is 11.3. The van der Waals surface area contributed by atoms with Gasteiger partial charge in [0.2, 0.25) is 0 Å². The van der Waals surface area contributed by atoms with Crippen molar-refractivity contribution in [3.8, 4) is 0 Å². The Morgan fingerprint density at radius 3 is 2.77 bits per heavy atom. The van der Waals surface area contributed by atoms with Gasteiger partial charge in [0.25, 0.3) is 0 Å². The summed E-state index contributed by atoms with van der Waals surface area (Å²) in [6.45, 7) is 6.04. The summed E-state index contributed by atoms with van der Waals surface area (Å²) in [7, 11) is 0. The van der Waals surface area contributed by atoms with Gasteiger partial charge in [0.1, 0.15) is 0 Å². The summed E-state index contributed by atoms with van der Waals surface area (Å²) in [5.41, 5.74) is 15.2. The molecule has 4 saturated carbocycles. The third kappa shape index (κ3) is 3.34. The van der Waals surface area contributed by atoms with Crippen LogP contribution < -0.4 is 11.5 Å². The van der Waals surface area contributed by atoms with Gasteiger partial charge >= 0.3 is 0 Å². The molecule has 0 aromatic heterocycles. The van der Waals surface area contributed by atoms with Crippen LogP contribution in [-0.4, -0.2) is 25.7 Å². The Kier molecular flexibility index (Phi) is 5.67. The Morgan fingerprint density at radius 2 is 2.00 bits per heavy atom. The summed E-state index contributed by atoms with van der Waals surface area (Å²) in [4.78, 5) is 0. The molecule has 0 aromatic rings. The van der Waals surface area contributed by atoms with Gasteiger partial charge in [0.15, 0.2) is 0 Å². The highest BCUT2D eigenvalue weighted by atomic mass is 16.5. The molecule has 0 aromatic carbocycles. The monoisotopic (exact) mass is 414 g/mol. The van der Waals surface area contributed by atoms with E-state index in [1.165, 1.54) is 44.9 Å². The lowest BCUT2D eigenvalue weighted by Crippen LogP contribution is -2.48. The third-order valence-corrected chi connectivity index (χ3v) is 9.55. The predicted octanol–water partition coefficient (Wildman–Crippen LogP) is 4.75. The Labute approximate surface area is 182 Å². The van der Waals surface area contributed by atoms with Crippen molar-refractivity contribution in [2.45, 2.75) is 77.2 Å². The molecule has 0 radical (unpaired) electrons. The van der Waals surface area contributed by atoms with Gasteiger partial charge in [-0.05, 0) is 106 Å². The lowest BCUT2D eigenvalue weighted by molar-refractivity contribution is -0.0202. The van der Waals surface area contributed by atoms with Crippen molar-refractivity contribution in [3.63, 3.8) is 0 Å². The molecule has 0 aliphatic heterocycles. The zero-order valence-electron chi connectivity index (χ0n) is 19.1. The highest BCUT2D eigenvalue weighted by Crippen LogP contribution is 2.72. The molecular weight excluding hydrogens is 372 g/mol. The minimum absolute atomic E-state index is 0.165. The molecular formula is C26H42N2O2. The number of ether oxygens (including phenoxy) is 2. The van der Waals surface area contributed by atoms with Crippen LogP contribution in [0.3, 0.4) is 0 Å². The lowest BCUT2D eigenvalue weighted by atomic mass is 9.50. The minimum atomic E-state index is -0.165. The van der Waals surface area contributed by atoms with Crippen LogP contribution in [-0.2, 0) is 9.47 Å². The molecule has 8 atom stereocenters. The lowest BCUT2D eigenvalue weighted by Gasteiger charge is -2.55. The SMILES string of the molecule is CCC=C1CC2CC(CCCOCN)(C3C4=CC(C)(OCN)CC5CC4C3C5)CC12. The average molecular weight is 415 g/mol. The highest BCUT2D eigenvalue weighted by Gasteiger charge is 2.64. The van der Waals surface area contributed by atoms with Crippen molar-refractivity contribution < 1.29 is 9.47 Å². The van der Waals surface area contributed by atoms with E-state index in [1.54, 1.807) is 11.1 Å². The molecule has 5 rings (SSSR count). The van der Waals surface area contributed by atoms with Crippen molar-refractivity contribution in [1.29, 1.82) is 0 Å². The van der Waals surface area contributed by atoms with E-state index in [0.29, 0.717) is 18.9 Å². The molecule has 0 saturated heterocycles. The Bertz CT molecular complexity index is 718. The van der Waals surface area contributed by atoms with Gasteiger partial charge in [-0.25, -0.2) is 0 Å². The maximum atomic E-state index is 6.12. The van der Waals surface area contributed by atoms with E-state index in [4.69, 9.17) is 20.9 Å². The van der Waals surface area contributed by atoms with E-state index in [1.807, 2.05) is 0 Å². The quantitative estimate of drug-likeness (QED) is 0.325. The smallest absolute Gasteiger partial charge is 0.0952 e. The maximum absolute atomic E-state index is 6.12. The van der Waals surface area contributed by atoms with Gasteiger partial charge in [0, 0.05) is 6.61 Å². The van der Waals surface area contributed by atoms with Gasteiger partial charge in [0.05, 0.1) is 19.1 Å².